The molecule has 6 aromatic rings. The largest absolute Gasteiger partial charge is 0.461 e. The lowest BCUT2D eigenvalue weighted by Gasteiger charge is -2.37. The molecule has 5 aromatic carbocycles. The second kappa shape index (κ2) is 23.1. The van der Waals surface area contributed by atoms with Gasteiger partial charge in [0, 0.05) is 18.9 Å². The van der Waals surface area contributed by atoms with Crippen molar-refractivity contribution in [2.75, 3.05) is 0 Å². The highest BCUT2D eigenvalue weighted by Gasteiger charge is 2.38. The fourth-order valence-electron chi connectivity index (χ4n) is 7.48. The van der Waals surface area contributed by atoms with Crippen molar-refractivity contribution >= 4 is 29.6 Å². The summed E-state index contributed by atoms with van der Waals surface area (Å²) in [6, 6.07) is 47.8. The van der Waals surface area contributed by atoms with Gasteiger partial charge in [-0.15, -0.1) is 0 Å². The van der Waals surface area contributed by atoms with Gasteiger partial charge < -0.3 is 30.4 Å². The summed E-state index contributed by atoms with van der Waals surface area (Å²) in [4.78, 5) is 68.9. The van der Waals surface area contributed by atoms with Crippen LogP contribution in [0.25, 0.3) is 0 Å². The normalized spacial score (nSPS) is 12.7. The Morgan fingerprint density at radius 1 is 0.609 bits per heavy atom. The summed E-state index contributed by atoms with van der Waals surface area (Å²) in [5.41, 5.74) is 3.05. The van der Waals surface area contributed by atoms with Crippen LogP contribution in [0.5, 0.6) is 0 Å². The van der Waals surface area contributed by atoms with E-state index in [1.165, 1.54) is 24.5 Å². The van der Waals surface area contributed by atoms with Crippen LogP contribution in [0.3, 0.4) is 0 Å². The molecule has 0 spiro atoms. The van der Waals surface area contributed by atoms with Gasteiger partial charge in [0.2, 0.25) is 23.5 Å². The Bertz CT molecular complexity index is 2330. The average molecular weight is 859 g/mol. The number of hydrogen-bond donors (Lipinski definition) is 4. The van der Waals surface area contributed by atoms with Gasteiger partial charge in [-0.05, 0) is 64.8 Å². The molecule has 0 unspecified atom stereocenters. The van der Waals surface area contributed by atoms with E-state index in [2.05, 4.69) is 21.3 Å². The minimum Gasteiger partial charge on any atom is -0.461 e. The summed E-state index contributed by atoms with van der Waals surface area (Å²) >= 11 is 0. The van der Waals surface area contributed by atoms with Crippen molar-refractivity contribution in [1.29, 1.82) is 0 Å². The molecule has 11 nitrogen and oxygen atoms in total. The van der Waals surface area contributed by atoms with Crippen molar-refractivity contribution in [2.45, 2.75) is 69.8 Å². The van der Waals surface area contributed by atoms with Crippen LogP contribution in [0.15, 0.2) is 187 Å². The summed E-state index contributed by atoms with van der Waals surface area (Å²) in [5.74, 6) is -1.75. The van der Waals surface area contributed by atoms with Crippen molar-refractivity contribution in [3.05, 3.63) is 216 Å². The van der Waals surface area contributed by atoms with Crippen LogP contribution in [0, 0.1) is 5.92 Å². The lowest BCUT2D eigenvalue weighted by Crippen LogP contribution is -2.55. The van der Waals surface area contributed by atoms with Gasteiger partial charge in [0.15, 0.2) is 5.76 Å². The number of furan rings is 1. The van der Waals surface area contributed by atoms with E-state index in [0.29, 0.717) is 0 Å². The second-order valence-electron chi connectivity index (χ2n) is 15.9. The molecule has 1 aromatic heterocycles. The summed E-state index contributed by atoms with van der Waals surface area (Å²) < 4.78 is 10.7. The van der Waals surface area contributed by atoms with Crippen molar-refractivity contribution in [3.8, 4) is 0 Å². The summed E-state index contributed by atoms with van der Waals surface area (Å²) in [7, 11) is 0. The SMILES string of the molecule is CC(C)C[C@H](NC(=O)OCc1ccccc1)C(=O)N[C@@H](Cc1ccccc1)C(=O)N[C@H](/C=C/C(=O)c1ccco1)CCC(=O)NC(c1ccccc1)(c1ccccc1)c1ccccc1. The number of ketones is 1. The van der Waals surface area contributed by atoms with E-state index in [4.69, 9.17) is 9.15 Å². The fraction of sp³-hybridized carbons (Fsp3) is 0.226. The van der Waals surface area contributed by atoms with E-state index in [9.17, 15) is 24.0 Å². The van der Waals surface area contributed by atoms with Crippen LogP contribution in [-0.2, 0) is 37.7 Å². The number of rotatable bonds is 21. The Hall–Kier alpha value is -7.53. The van der Waals surface area contributed by atoms with Gasteiger partial charge >= 0.3 is 6.09 Å². The number of nitrogens with one attached hydrogen (secondary N) is 4. The number of ether oxygens (including phenoxy) is 1. The molecule has 11 heteroatoms. The van der Waals surface area contributed by atoms with Crippen LogP contribution >= 0.6 is 0 Å². The highest BCUT2D eigenvalue weighted by Crippen LogP contribution is 2.37. The number of hydrogen-bond acceptors (Lipinski definition) is 7. The van der Waals surface area contributed by atoms with Gasteiger partial charge in [-0.25, -0.2) is 4.79 Å². The number of carbonyl (C=O) groups is 5. The Balaban J connectivity index is 1.24. The molecule has 0 saturated heterocycles. The van der Waals surface area contributed by atoms with E-state index in [0.717, 1.165) is 27.8 Å². The standard InChI is InChI=1S/C53H54N4O7/c1-38(2)35-45(56-52(62)64-37-40-21-10-4-11-22-40)51(61)55-46(36-39-19-8-3-9-20-39)50(60)54-44(30-32-47(58)48-29-18-34-63-48)31-33-49(59)57-53(41-23-12-5-13-24-41,42-25-14-6-15-26-42)43-27-16-7-17-28-43/h3-30,32,34,38,44-46H,31,33,35-37H2,1-2H3,(H,54,60)(H,55,61)(H,56,62)(H,57,59)/b32-30+/t44-,45+,46+/m1/s1. The van der Waals surface area contributed by atoms with Gasteiger partial charge in [-0.1, -0.05) is 172 Å². The first-order valence-corrected chi connectivity index (χ1v) is 21.5. The van der Waals surface area contributed by atoms with Gasteiger partial charge in [0.1, 0.15) is 24.2 Å². The van der Waals surface area contributed by atoms with Crippen LogP contribution < -0.4 is 21.3 Å². The number of benzene rings is 5. The molecule has 0 aliphatic heterocycles. The first-order valence-electron chi connectivity index (χ1n) is 21.5. The molecule has 0 saturated carbocycles. The monoisotopic (exact) mass is 858 g/mol. The van der Waals surface area contributed by atoms with E-state index < -0.39 is 47.4 Å². The maximum Gasteiger partial charge on any atom is 0.408 e. The molecular weight excluding hydrogens is 805 g/mol. The lowest BCUT2D eigenvalue weighted by atomic mass is 9.77. The second-order valence-corrected chi connectivity index (χ2v) is 15.9. The molecule has 328 valence electrons. The Morgan fingerprint density at radius 2 is 1.12 bits per heavy atom. The molecule has 64 heavy (non-hydrogen) atoms. The van der Waals surface area contributed by atoms with Gasteiger partial charge in [-0.3, -0.25) is 19.2 Å². The Labute approximate surface area is 374 Å². The summed E-state index contributed by atoms with van der Waals surface area (Å²) in [5, 5.41) is 11.9. The fourth-order valence-corrected chi connectivity index (χ4v) is 7.48. The van der Waals surface area contributed by atoms with Gasteiger partial charge in [0.25, 0.3) is 0 Å². The highest BCUT2D eigenvalue weighted by atomic mass is 16.5. The smallest absolute Gasteiger partial charge is 0.408 e. The zero-order valence-electron chi connectivity index (χ0n) is 36.0. The van der Waals surface area contributed by atoms with Crippen molar-refractivity contribution in [1.82, 2.24) is 21.3 Å². The van der Waals surface area contributed by atoms with Crippen molar-refractivity contribution in [2.24, 2.45) is 5.92 Å². The highest BCUT2D eigenvalue weighted by molar-refractivity contribution is 6.02. The van der Waals surface area contributed by atoms with Gasteiger partial charge in [-0.2, -0.15) is 0 Å². The predicted octanol–water partition coefficient (Wildman–Crippen LogP) is 8.46. The first kappa shape index (κ1) is 46.0. The average Bonchev–Trinajstić information content (AvgIpc) is 3.87. The number of carbonyl (C=O) groups excluding carboxylic acids is 5. The zero-order valence-corrected chi connectivity index (χ0v) is 36.0. The molecule has 0 bridgehead atoms. The minimum atomic E-state index is -1.11. The first-order chi connectivity index (χ1) is 31.1. The number of allylic oxidation sites excluding steroid dienone is 1. The Kier molecular flexibility index (Phi) is 16.6. The van der Waals surface area contributed by atoms with Crippen LogP contribution in [-0.4, -0.2) is 47.7 Å². The molecule has 0 aliphatic carbocycles. The van der Waals surface area contributed by atoms with Gasteiger partial charge in [0.05, 0.1) is 6.26 Å². The number of alkyl carbamates (subject to hydrolysis) is 1. The summed E-state index contributed by atoms with van der Waals surface area (Å²) in [6.45, 7) is 3.86. The molecule has 3 atom stereocenters. The quantitative estimate of drug-likeness (QED) is 0.0322. The van der Waals surface area contributed by atoms with Crippen molar-refractivity contribution in [3.63, 3.8) is 0 Å². The van der Waals surface area contributed by atoms with Crippen LogP contribution in [0.4, 0.5) is 4.79 Å². The summed E-state index contributed by atoms with van der Waals surface area (Å²) in [6.07, 6.45) is 3.88. The third-order valence-corrected chi connectivity index (χ3v) is 10.6. The van der Waals surface area contributed by atoms with Crippen LogP contribution in [0.1, 0.15) is 71.5 Å². The third kappa shape index (κ3) is 13.0. The molecule has 0 radical (unpaired) electrons. The molecule has 4 amide bonds. The molecule has 6 rings (SSSR count). The maximum atomic E-state index is 14.4. The van der Waals surface area contributed by atoms with Crippen molar-refractivity contribution < 1.29 is 33.1 Å². The van der Waals surface area contributed by atoms with E-state index in [1.54, 1.807) is 6.07 Å². The van der Waals surface area contributed by atoms with E-state index in [1.807, 2.05) is 166 Å². The maximum absolute atomic E-state index is 14.4. The van der Waals surface area contributed by atoms with E-state index in [-0.39, 0.29) is 49.9 Å². The third-order valence-electron chi connectivity index (χ3n) is 10.6. The topological polar surface area (TPSA) is 156 Å². The number of amides is 4. The predicted molar refractivity (Wildman–Crippen MR) is 246 cm³/mol. The minimum absolute atomic E-state index is 0.00310. The molecule has 0 fully saturated rings. The molecule has 0 aliphatic rings. The lowest BCUT2D eigenvalue weighted by molar-refractivity contribution is -0.130. The molecule has 1 heterocycles. The Morgan fingerprint density at radius 3 is 1.64 bits per heavy atom. The molecule has 4 N–H and O–H groups in total. The van der Waals surface area contributed by atoms with E-state index >= 15 is 0 Å². The zero-order chi connectivity index (χ0) is 45.2. The van der Waals surface area contributed by atoms with Crippen LogP contribution in [0.2, 0.25) is 0 Å². The molecular formula is C53H54N4O7.